The number of thioether (sulfide) groups is 1. The van der Waals surface area contributed by atoms with Gasteiger partial charge in [-0.15, -0.1) is 0 Å². The number of halogens is 2. The summed E-state index contributed by atoms with van der Waals surface area (Å²) in [6, 6.07) is 12.1. The second-order valence-electron chi connectivity index (χ2n) is 6.58. The molecule has 0 heterocycles. The fourth-order valence-corrected chi connectivity index (χ4v) is 4.02. The van der Waals surface area contributed by atoms with Crippen molar-refractivity contribution in [2.45, 2.75) is 18.8 Å². The molecule has 0 saturated carbocycles. The van der Waals surface area contributed by atoms with Crippen LogP contribution in [0.3, 0.4) is 0 Å². The van der Waals surface area contributed by atoms with Gasteiger partial charge in [-0.1, -0.05) is 29.3 Å². The van der Waals surface area contributed by atoms with Gasteiger partial charge in [0.15, 0.2) is 6.10 Å². The minimum Gasteiger partial charge on any atom is -0.481 e. The normalized spacial score (nSPS) is 12.3. The van der Waals surface area contributed by atoms with Gasteiger partial charge in [0, 0.05) is 25.1 Å². The molecule has 2 aromatic carbocycles. The Kier molecular flexibility index (Phi) is 9.15. The Bertz CT molecular complexity index is 969. The van der Waals surface area contributed by atoms with E-state index in [-0.39, 0.29) is 5.91 Å². The van der Waals surface area contributed by atoms with Crippen molar-refractivity contribution in [1.82, 2.24) is 5.32 Å². The van der Waals surface area contributed by atoms with E-state index in [0.717, 1.165) is 23.3 Å². The van der Waals surface area contributed by atoms with Gasteiger partial charge in [0.05, 0.1) is 22.0 Å². The zero-order valence-corrected chi connectivity index (χ0v) is 20.0. The number of rotatable bonds is 10. The predicted molar refractivity (Wildman–Crippen MR) is 125 cm³/mol. The number of carbonyl (C=O) groups is 1. The Balaban J connectivity index is 1.73. The smallest absolute Gasteiger partial charge is 0.260 e. The largest absolute Gasteiger partial charge is 0.481 e. The number of carbonyl (C=O) groups excluding carboxylic acids is 1. The van der Waals surface area contributed by atoms with Crippen LogP contribution in [0.4, 0.5) is 5.69 Å². The van der Waals surface area contributed by atoms with Crippen molar-refractivity contribution in [1.29, 1.82) is 0 Å². The third kappa shape index (κ3) is 7.58. The van der Waals surface area contributed by atoms with Crippen molar-refractivity contribution in [2.75, 3.05) is 29.9 Å². The van der Waals surface area contributed by atoms with Crippen LogP contribution in [0.5, 0.6) is 5.75 Å². The quantitative estimate of drug-likeness (QED) is 0.504. The number of sulfonamides is 1. The molecule has 0 aliphatic heterocycles. The Hall–Kier alpha value is -1.61. The van der Waals surface area contributed by atoms with Crippen LogP contribution >= 0.6 is 35.0 Å². The molecular weight excluding hydrogens is 467 g/mol. The number of hydrogen-bond acceptors (Lipinski definition) is 5. The van der Waals surface area contributed by atoms with Gasteiger partial charge >= 0.3 is 0 Å². The van der Waals surface area contributed by atoms with E-state index in [2.05, 4.69) is 5.32 Å². The molecule has 0 aliphatic rings. The highest BCUT2D eigenvalue weighted by Gasteiger charge is 2.15. The summed E-state index contributed by atoms with van der Waals surface area (Å²) in [6.07, 6.45) is 0.454. The molecule has 0 aromatic heterocycles. The third-order valence-corrected chi connectivity index (χ3v) is 7.15. The van der Waals surface area contributed by atoms with Crippen LogP contribution in [-0.2, 0) is 20.6 Å². The molecule has 2 rings (SSSR count). The Labute approximate surface area is 191 Å². The molecule has 10 heteroatoms. The van der Waals surface area contributed by atoms with E-state index in [1.54, 1.807) is 49.0 Å². The number of anilines is 1. The summed E-state index contributed by atoms with van der Waals surface area (Å²) in [6.45, 7) is 2.17. The average molecular weight is 491 g/mol. The lowest BCUT2D eigenvalue weighted by Crippen LogP contribution is -2.37. The van der Waals surface area contributed by atoms with Crippen LogP contribution in [-0.4, -0.2) is 46.0 Å². The predicted octanol–water partition coefficient (Wildman–Crippen LogP) is 4.21. The van der Waals surface area contributed by atoms with E-state index in [4.69, 9.17) is 27.9 Å². The lowest BCUT2D eigenvalue weighted by atomic mass is 10.2. The number of nitrogens with one attached hydrogen (secondary N) is 1. The van der Waals surface area contributed by atoms with E-state index in [1.807, 2.05) is 12.1 Å². The van der Waals surface area contributed by atoms with Crippen molar-refractivity contribution >= 4 is 56.6 Å². The molecular formula is C20H24Cl2N2O4S2. The molecule has 164 valence electrons. The standard InChI is InChI=1S/C20H24Cl2N2O4S2/c1-14(28-17-7-5-16(6-8-17)24(2)30(3,26)27)20(25)23-10-11-29-13-15-4-9-18(21)19(22)12-15/h4-9,12,14H,10-11,13H2,1-3H3,(H,23,25)/t14-/m0/s1. The molecule has 0 unspecified atom stereocenters. The Morgan fingerprint density at radius 2 is 1.83 bits per heavy atom. The molecule has 30 heavy (non-hydrogen) atoms. The van der Waals surface area contributed by atoms with Crippen LogP contribution < -0.4 is 14.4 Å². The number of benzene rings is 2. The monoisotopic (exact) mass is 490 g/mol. The summed E-state index contributed by atoms with van der Waals surface area (Å²) in [5, 5.41) is 3.90. The minimum absolute atomic E-state index is 0.220. The van der Waals surface area contributed by atoms with E-state index >= 15 is 0 Å². The highest BCUT2D eigenvalue weighted by atomic mass is 35.5. The highest BCUT2D eigenvalue weighted by molar-refractivity contribution is 7.98. The molecule has 0 fully saturated rings. The van der Waals surface area contributed by atoms with E-state index < -0.39 is 16.1 Å². The van der Waals surface area contributed by atoms with Gasteiger partial charge in [0.25, 0.3) is 5.91 Å². The molecule has 0 saturated heterocycles. The van der Waals surface area contributed by atoms with Gasteiger partial charge in [0.1, 0.15) is 5.75 Å². The van der Waals surface area contributed by atoms with E-state index in [1.165, 1.54) is 11.4 Å². The van der Waals surface area contributed by atoms with Gasteiger partial charge in [-0.3, -0.25) is 9.10 Å². The van der Waals surface area contributed by atoms with Crippen LogP contribution in [0.2, 0.25) is 10.0 Å². The molecule has 2 aromatic rings. The first-order valence-corrected chi connectivity index (χ1v) is 12.8. The van der Waals surface area contributed by atoms with Gasteiger partial charge in [-0.05, 0) is 48.9 Å². The summed E-state index contributed by atoms with van der Waals surface area (Å²) in [4.78, 5) is 12.2. The lowest BCUT2D eigenvalue weighted by Gasteiger charge is -2.18. The number of hydrogen-bond donors (Lipinski definition) is 1. The van der Waals surface area contributed by atoms with Crippen LogP contribution in [0, 0.1) is 0 Å². The van der Waals surface area contributed by atoms with Gasteiger partial charge in [-0.2, -0.15) is 11.8 Å². The molecule has 1 amide bonds. The third-order valence-electron chi connectivity index (χ3n) is 4.18. The molecule has 1 atom stereocenters. The Morgan fingerprint density at radius 3 is 2.43 bits per heavy atom. The Morgan fingerprint density at radius 1 is 1.17 bits per heavy atom. The number of ether oxygens (including phenoxy) is 1. The fourth-order valence-electron chi connectivity index (χ4n) is 2.39. The van der Waals surface area contributed by atoms with Crippen molar-refractivity contribution in [2.24, 2.45) is 0 Å². The lowest BCUT2D eigenvalue weighted by molar-refractivity contribution is -0.127. The SMILES string of the molecule is C[C@H](Oc1ccc(N(C)S(C)(=O)=O)cc1)C(=O)NCCSCc1ccc(Cl)c(Cl)c1. The molecule has 0 aliphatic carbocycles. The molecule has 0 spiro atoms. The fraction of sp³-hybridized carbons (Fsp3) is 0.350. The first-order valence-electron chi connectivity index (χ1n) is 9.08. The average Bonchev–Trinajstić information content (AvgIpc) is 2.69. The number of nitrogens with zero attached hydrogens (tertiary/aromatic N) is 1. The van der Waals surface area contributed by atoms with Gasteiger partial charge in [-0.25, -0.2) is 8.42 Å². The first-order chi connectivity index (χ1) is 14.1. The second kappa shape index (κ2) is 11.1. The summed E-state index contributed by atoms with van der Waals surface area (Å²) in [7, 11) is -1.86. The number of amides is 1. The second-order valence-corrected chi connectivity index (χ2v) is 10.5. The van der Waals surface area contributed by atoms with Gasteiger partial charge < -0.3 is 10.1 Å². The maximum Gasteiger partial charge on any atom is 0.260 e. The van der Waals surface area contributed by atoms with E-state index in [9.17, 15) is 13.2 Å². The van der Waals surface area contributed by atoms with Crippen LogP contribution in [0.1, 0.15) is 12.5 Å². The summed E-state index contributed by atoms with van der Waals surface area (Å²) in [5.74, 6) is 1.78. The van der Waals surface area contributed by atoms with Crippen molar-refractivity contribution in [3.63, 3.8) is 0 Å². The summed E-state index contributed by atoms with van der Waals surface area (Å²) < 4.78 is 29.9. The maximum absolute atomic E-state index is 12.2. The first kappa shape index (κ1) is 24.7. The molecule has 1 N–H and O–H groups in total. The molecule has 0 radical (unpaired) electrons. The highest BCUT2D eigenvalue weighted by Crippen LogP contribution is 2.24. The van der Waals surface area contributed by atoms with Crippen molar-refractivity contribution < 1.29 is 17.9 Å². The zero-order valence-electron chi connectivity index (χ0n) is 16.9. The molecule has 6 nitrogen and oxygen atoms in total. The maximum atomic E-state index is 12.2. The van der Waals surface area contributed by atoms with Gasteiger partial charge in [0.2, 0.25) is 10.0 Å². The molecule has 0 bridgehead atoms. The summed E-state index contributed by atoms with van der Waals surface area (Å²) >= 11 is 13.6. The van der Waals surface area contributed by atoms with Crippen LogP contribution in [0.25, 0.3) is 0 Å². The minimum atomic E-state index is -3.33. The van der Waals surface area contributed by atoms with Crippen molar-refractivity contribution in [3.8, 4) is 5.75 Å². The van der Waals surface area contributed by atoms with Crippen molar-refractivity contribution in [3.05, 3.63) is 58.1 Å². The topological polar surface area (TPSA) is 75.7 Å². The van der Waals surface area contributed by atoms with E-state index in [0.29, 0.717) is 28.0 Å². The summed E-state index contributed by atoms with van der Waals surface area (Å²) in [5.41, 5.74) is 1.59. The zero-order chi connectivity index (χ0) is 22.3. The van der Waals surface area contributed by atoms with Crippen LogP contribution in [0.15, 0.2) is 42.5 Å².